The molecule has 3 rings (SSSR count). The third-order valence-electron chi connectivity index (χ3n) is 3.75. The summed E-state index contributed by atoms with van der Waals surface area (Å²) in [4.78, 5) is 13.8. The molecule has 108 valence electrons. The highest BCUT2D eigenvalue weighted by molar-refractivity contribution is 5.99. The molecule has 0 radical (unpaired) electrons. The van der Waals surface area contributed by atoms with Gasteiger partial charge in [0.25, 0.3) is 0 Å². The van der Waals surface area contributed by atoms with E-state index in [2.05, 4.69) is 17.0 Å². The van der Waals surface area contributed by atoms with Crippen LogP contribution in [-0.4, -0.2) is 32.2 Å². The molecule has 0 atom stereocenters. The summed E-state index contributed by atoms with van der Waals surface area (Å²) in [5, 5.41) is 0. The molecular weight excluding hydrogens is 264 g/mol. The Morgan fingerprint density at radius 2 is 1.67 bits per heavy atom. The van der Waals surface area contributed by atoms with Gasteiger partial charge in [0, 0.05) is 24.3 Å². The molecule has 0 saturated carbocycles. The molecule has 0 spiro atoms. The Kier molecular flexibility index (Phi) is 3.88. The largest absolute Gasteiger partial charge is 0.378 e. The Hall–Kier alpha value is -2.33. The van der Waals surface area contributed by atoms with Gasteiger partial charge in [-0.3, -0.25) is 4.79 Å². The molecule has 0 aliphatic carbocycles. The van der Waals surface area contributed by atoms with Crippen molar-refractivity contribution in [3.05, 3.63) is 54.1 Å². The molecule has 4 nitrogen and oxygen atoms in total. The second-order valence-corrected chi connectivity index (χ2v) is 5.06. The fourth-order valence-corrected chi connectivity index (χ4v) is 2.62. The fraction of sp³-hybridized carbons (Fsp3) is 0.235. The normalized spacial score (nSPS) is 15.0. The molecule has 1 fully saturated rings. The van der Waals surface area contributed by atoms with Gasteiger partial charge < -0.3 is 15.4 Å². The molecule has 2 aromatic carbocycles. The number of nitrogens with two attached hydrogens (primary N) is 1. The van der Waals surface area contributed by atoms with E-state index in [0.29, 0.717) is 5.56 Å². The van der Waals surface area contributed by atoms with Crippen LogP contribution in [0.25, 0.3) is 11.1 Å². The van der Waals surface area contributed by atoms with Crippen molar-refractivity contribution in [2.24, 2.45) is 5.73 Å². The smallest absolute Gasteiger partial charge is 0.249 e. The first kappa shape index (κ1) is 13.6. The zero-order valence-corrected chi connectivity index (χ0v) is 11.8. The van der Waals surface area contributed by atoms with E-state index < -0.39 is 5.91 Å². The van der Waals surface area contributed by atoms with Crippen molar-refractivity contribution >= 4 is 11.6 Å². The summed E-state index contributed by atoms with van der Waals surface area (Å²) in [6.45, 7) is 3.37. The number of carbonyl (C=O) groups excluding carboxylic acids is 1. The number of rotatable bonds is 3. The number of primary amides is 1. The van der Waals surface area contributed by atoms with Crippen LogP contribution >= 0.6 is 0 Å². The summed E-state index contributed by atoms with van der Waals surface area (Å²) in [6.07, 6.45) is 0. The topological polar surface area (TPSA) is 55.6 Å². The molecule has 4 heteroatoms. The van der Waals surface area contributed by atoms with Crippen LogP contribution in [0.1, 0.15) is 10.4 Å². The maximum Gasteiger partial charge on any atom is 0.249 e. The summed E-state index contributed by atoms with van der Waals surface area (Å²) < 4.78 is 5.36. The van der Waals surface area contributed by atoms with Gasteiger partial charge >= 0.3 is 0 Å². The SMILES string of the molecule is NC(=O)c1ccccc1-c1ccc(N2CCOCC2)cc1. The van der Waals surface area contributed by atoms with Crippen molar-refractivity contribution in [3.63, 3.8) is 0 Å². The number of carbonyl (C=O) groups is 1. The number of morpholine rings is 1. The number of hydrogen-bond acceptors (Lipinski definition) is 3. The molecule has 1 aliphatic rings. The minimum Gasteiger partial charge on any atom is -0.378 e. The van der Waals surface area contributed by atoms with Crippen LogP contribution in [0.5, 0.6) is 0 Å². The van der Waals surface area contributed by atoms with Crippen molar-refractivity contribution in [3.8, 4) is 11.1 Å². The molecule has 2 N–H and O–H groups in total. The molecular formula is C17H18N2O2. The van der Waals surface area contributed by atoms with Crippen LogP contribution in [0.3, 0.4) is 0 Å². The predicted molar refractivity (Wildman–Crippen MR) is 83.4 cm³/mol. The lowest BCUT2D eigenvalue weighted by atomic mass is 9.99. The second kappa shape index (κ2) is 5.97. The molecule has 1 amide bonds. The number of anilines is 1. The minimum absolute atomic E-state index is 0.400. The van der Waals surface area contributed by atoms with E-state index in [0.717, 1.165) is 37.4 Å². The van der Waals surface area contributed by atoms with Crippen molar-refractivity contribution in [1.82, 2.24) is 0 Å². The maximum atomic E-state index is 11.5. The van der Waals surface area contributed by atoms with Gasteiger partial charge in [-0.15, -0.1) is 0 Å². The van der Waals surface area contributed by atoms with E-state index in [-0.39, 0.29) is 0 Å². The van der Waals surface area contributed by atoms with E-state index in [4.69, 9.17) is 10.5 Å². The molecule has 2 aromatic rings. The summed E-state index contributed by atoms with van der Waals surface area (Å²) in [5.74, 6) is -0.400. The lowest BCUT2D eigenvalue weighted by Crippen LogP contribution is -2.36. The van der Waals surface area contributed by atoms with Crippen LogP contribution < -0.4 is 10.6 Å². The standard InChI is InChI=1S/C17H18N2O2/c18-17(20)16-4-2-1-3-15(16)13-5-7-14(8-6-13)19-9-11-21-12-10-19/h1-8H,9-12H2,(H2,18,20). The third kappa shape index (κ3) is 2.90. The summed E-state index contributed by atoms with van der Waals surface area (Å²) in [5.41, 5.74) is 9.04. The summed E-state index contributed by atoms with van der Waals surface area (Å²) in [6, 6.07) is 15.6. The first-order valence-electron chi connectivity index (χ1n) is 7.07. The number of ether oxygens (including phenoxy) is 1. The van der Waals surface area contributed by atoms with Crippen LogP contribution in [0, 0.1) is 0 Å². The molecule has 1 saturated heterocycles. The highest BCUT2D eigenvalue weighted by Gasteiger charge is 2.12. The van der Waals surface area contributed by atoms with E-state index in [1.54, 1.807) is 6.07 Å². The van der Waals surface area contributed by atoms with Crippen LogP contribution in [-0.2, 0) is 4.74 Å². The van der Waals surface area contributed by atoms with Crippen molar-refractivity contribution in [1.29, 1.82) is 0 Å². The van der Waals surface area contributed by atoms with Gasteiger partial charge in [-0.1, -0.05) is 30.3 Å². The first-order chi connectivity index (χ1) is 10.3. The Morgan fingerprint density at radius 1 is 1.00 bits per heavy atom. The Bertz CT molecular complexity index is 631. The summed E-state index contributed by atoms with van der Waals surface area (Å²) in [7, 11) is 0. The van der Waals surface area contributed by atoms with E-state index in [1.807, 2.05) is 30.3 Å². The molecule has 1 heterocycles. The average molecular weight is 282 g/mol. The van der Waals surface area contributed by atoms with Gasteiger partial charge in [0.05, 0.1) is 13.2 Å². The Balaban J connectivity index is 1.89. The zero-order valence-electron chi connectivity index (χ0n) is 11.8. The lowest BCUT2D eigenvalue weighted by molar-refractivity contribution is 0.100. The number of hydrogen-bond donors (Lipinski definition) is 1. The first-order valence-corrected chi connectivity index (χ1v) is 7.07. The molecule has 21 heavy (non-hydrogen) atoms. The molecule has 1 aliphatic heterocycles. The monoisotopic (exact) mass is 282 g/mol. The Morgan fingerprint density at radius 3 is 2.33 bits per heavy atom. The minimum atomic E-state index is -0.400. The van der Waals surface area contributed by atoms with E-state index >= 15 is 0 Å². The molecule has 0 bridgehead atoms. The fourth-order valence-electron chi connectivity index (χ4n) is 2.62. The average Bonchev–Trinajstić information content (AvgIpc) is 2.56. The van der Waals surface area contributed by atoms with E-state index in [9.17, 15) is 4.79 Å². The van der Waals surface area contributed by atoms with Gasteiger partial charge in [0.2, 0.25) is 5.91 Å². The van der Waals surface area contributed by atoms with E-state index in [1.165, 1.54) is 5.69 Å². The summed E-state index contributed by atoms with van der Waals surface area (Å²) >= 11 is 0. The van der Waals surface area contributed by atoms with Gasteiger partial charge in [-0.25, -0.2) is 0 Å². The number of amides is 1. The van der Waals surface area contributed by atoms with Gasteiger partial charge in [-0.05, 0) is 29.3 Å². The lowest BCUT2D eigenvalue weighted by Gasteiger charge is -2.29. The second-order valence-electron chi connectivity index (χ2n) is 5.06. The number of benzene rings is 2. The molecule has 0 unspecified atom stereocenters. The maximum absolute atomic E-state index is 11.5. The van der Waals surface area contributed by atoms with Crippen LogP contribution in [0.4, 0.5) is 5.69 Å². The third-order valence-corrected chi connectivity index (χ3v) is 3.75. The van der Waals surface area contributed by atoms with Gasteiger partial charge in [0.1, 0.15) is 0 Å². The quantitative estimate of drug-likeness (QED) is 0.939. The predicted octanol–water partition coefficient (Wildman–Crippen LogP) is 2.29. The Labute approximate surface area is 124 Å². The van der Waals surface area contributed by atoms with Crippen LogP contribution in [0.15, 0.2) is 48.5 Å². The van der Waals surface area contributed by atoms with Crippen molar-refractivity contribution < 1.29 is 9.53 Å². The zero-order chi connectivity index (χ0) is 14.7. The number of nitrogens with zero attached hydrogens (tertiary/aromatic N) is 1. The highest BCUT2D eigenvalue weighted by atomic mass is 16.5. The van der Waals surface area contributed by atoms with Crippen LogP contribution in [0.2, 0.25) is 0 Å². The van der Waals surface area contributed by atoms with Crippen molar-refractivity contribution in [2.45, 2.75) is 0 Å². The van der Waals surface area contributed by atoms with Crippen molar-refractivity contribution in [2.75, 3.05) is 31.2 Å². The van der Waals surface area contributed by atoms with Gasteiger partial charge in [0.15, 0.2) is 0 Å². The molecule has 0 aromatic heterocycles. The van der Waals surface area contributed by atoms with Gasteiger partial charge in [-0.2, -0.15) is 0 Å². The highest BCUT2D eigenvalue weighted by Crippen LogP contribution is 2.26.